The summed E-state index contributed by atoms with van der Waals surface area (Å²) in [5.41, 5.74) is 1.34. The fourth-order valence-electron chi connectivity index (χ4n) is 5.97. The Labute approximate surface area is 223 Å². The van der Waals surface area contributed by atoms with Crippen LogP contribution in [0.1, 0.15) is 32.1 Å². The topological polar surface area (TPSA) is 56.8 Å². The van der Waals surface area contributed by atoms with Crippen LogP contribution in [0.5, 0.6) is 0 Å². The van der Waals surface area contributed by atoms with Crippen molar-refractivity contribution in [1.82, 2.24) is 14.2 Å². The molecule has 2 aliphatic heterocycles. The van der Waals surface area contributed by atoms with Gasteiger partial charge in [-0.3, -0.25) is 9.88 Å². The second-order valence-electron chi connectivity index (χ2n) is 10.2. The van der Waals surface area contributed by atoms with E-state index in [1.165, 1.54) is 22.0 Å². The van der Waals surface area contributed by atoms with Gasteiger partial charge in [-0.2, -0.15) is 4.31 Å². The minimum Gasteiger partial charge on any atom is -0.368 e. The molecule has 0 unspecified atom stereocenters. The molecular weight excluding hydrogens is 500 g/mol. The van der Waals surface area contributed by atoms with Crippen LogP contribution in [0.25, 0.3) is 20.9 Å². The molecule has 0 radical (unpaired) electrons. The summed E-state index contributed by atoms with van der Waals surface area (Å²) in [5, 5.41) is 5.15. The number of anilines is 1. The molecule has 2 aromatic heterocycles. The molecule has 0 bridgehead atoms. The molecule has 6 rings (SSSR count). The number of benzene rings is 2. The Morgan fingerprint density at radius 2 is 1.73 bits per heavy atom. The SMILES string of the molecule is O=S(=O)(c1cncc2ccccc12)N1CCCCC[C@@H]1CCN1CCN(c2cccc3sccc23)CC1. The van der Waals surface area contributed by atoms with Crippen LogP contribution in [0.2, 0.25) is 0 Å². The van der Waals surface area contributed by atoms with Crippen molar-refractivity contribution < 1.29 is 8.42 Å². The molecule has 6 nitrogen and oxygen atoms in total. The average Bonchev–Trinajstić information content (AvgIpc) is 3.29. The van der Waals surface area contributed by atoms with Crippen LogP contribution >= 0.6 is 11.3 Å². The Morgan fingerprint density at radius 3 is 2.62 bits per heavy atom. The fourth-order valence-corrected chi connectivity index (χ4v) is 8.66. The molecule has 0 saturated carbocycles. The van der Waals surface area contributed by atoms with Crippen molar-refractivity contribution in [3.05, 3.63) is 66.3 Å². The summed E-state index contributed by atoms with van der Waals surface area (Å²) in [7, 11) is -3.63. The number of pyridine rings is 1. The molecule has 0 N–H and O–H groups in total. The lowest BCUT2D eigenvalue weighted by atomic mass is 10.1. The van der Waals surface area contributed by atoms with E-state index in [9.17, 15) is 8.42 Å². The van der Waals surface area contributed by atoms with Crippen LogP contribution in [-0.2, 0) is 10.0 Å². The molecule has 0 amide bonds. The van der Waals surface area contributed by atoms with E-state index in [-0.39, 0.29) is 6.04 Å². The molecule has 4 heterocycles. The van der Waals surface area contributed by atoms with Crippen LogP contribution in [0, 0.1) is 0 Å². The molecule has 2 aromatic carbocycles. The van der Waals surface area contributed by atoms with Crippen molar-refractivity contribution in [3.63, 3.8) is 0 Å². The molecule has 2 aliphatic rings. The molecule has 1 atom stereocenters. The Bertz CT molecular complexity index is 1470. The van der Waals surface area contributed by atoms with Crippen molar-refractivity contribution in [2.24, 2.45) is 0 Å². The number of rotatable bonds is 6. The van der Waals surface area contributed by atoms with Gasteiger partial charge in [-0.05, 0) is 49.4 Å². The number of nitrogens with zero attached hydrogens (tertiary/aromatic N) is 4. The van der Waals surface area contributed by atoms with E-state index in [1.807, 2.05) is 24.3 Å². The van der Waals surface area contributed by atoms with Gasteiger partial charge in [0.1, 0.15) is 4.90 Å². The number of thiophene rings is 1. The number of hydrogen-bond donors (Lipinski definition) is 0. The largest absolute Gasteiger partial charge is 0.368 e. The maximum Gasteiger partial charge on any atom is 0.245 e. The zero-order valence-corrected chi connectivity index (χ0v) is 22.8. The highest BCUT2D eigenvalue weighted by Gasteiger charge is 2.34. The molecule has 4 aromatic rings. The van der Waals surface area contributed by atoms with Crippen molar-refractivity contribution in [2.45, 2.75) is 43.0 Å². The van der Waals surface area contributed by atoms with Gasteiger partial charge in [-0.1, -0.05) is 43.2 Å². The fraction of sp³-hybridized carbons (Fsp3) is 0.414. The Balaban J connectivity index is 1.14. The van der Waals surface area contributed by atoms with Gasteiger partial charge in [-0.15, -0.1) is 11.3 Å². The summed E-state index contributed by atoms with van der Waals surface area (Å²) in [5.74, 6) is 0. The van der Waals surface area contributed by atoms with E-state index in [0.717, 1.165) is 75.6 Å². The van der Waals surface area contributed by atoms with Crippen molar-refractivity contribution in [1.29, 1.82) is 0 Å². The summed E-state index contributed by atoms with van der Waals surface area (Å²) in [4.78, 5) is 9.63. The number of hydrogen-bond acceptors (Lipinski definition) is 6. The van der Waals surface area contributed by atoms with Gasteiger partial charge in [0.2, 0.25) is 10.0 Å². The summed E-state index contributed by atoms with van der Waals surface area (Å²) in [6, 6.07) is 16.5. The van der Waals surface area contributed by atoms with Gasteiger partial charge in [0.15, 0.2) is 0 Å². The zero-order valence-electron chi connectivity index (χ0n) is 21.1. The summed E-state index contributed by atoms with van der Waals surface area (Å²) in [6.45, 7) is 5.54. The van der Waals surface area contributed by atoms with Gasteiger partial charge >= 0.3 is 0 Å². The van der Waals surface area contributed by atoms with E-state index in [1.54, 1.807) is 21.8 Å². The van der Waals surface area contributed by atoms with Crippen LogP contribution < -0.4 is 4.90 Å². The van der Waals surface area contributed by atoms with Crippen LogP contribution in [0.4, 0.5) is 5.69 Å². The minimum absolute atomic E-state index is 0.0315. The predicted octanol–water partition coefficient (Wildman–Crippen LogP) is 5.60. The first-order chi connectivity index (χ1) is 18.1. The van der Waals surface area contributed by atoms with Gasteiger partial charge in [0.25, 0.3) is 0 Å². The molecule has 8 heteroatoms. The molecule has 2 saturated heterocycles. The van der Waals surface area contributed by atoms with Gasteiger partial charge in [0.05, 0.1) is 0 Å². The lowest BCUT2D eigenvalue weighted by Crippen LogP contribution is -2.48. The molecule has 2 fully saturated rings. The Morgan fingerprint density at radius 1 is 0.865 bits per heavy atom. The molecule has 194 valence electrons. The van der Waals surface area contributed by atoms with Gasteiger partial charge in [-0.25, -0.2) is 8.42 Å². The second-order valence-corrected chi connectivity index (χ2v) is 13.0. The van der Waals surface area contributed by atoms with E-state index in [2.05, 4.69) is 44.4 Å². The predicted molar refractivity (Wildman–Crippen MR) is 153 cm³/mol. The number of sulfonamides is 1. The van der Waals surface area contributed by atoms with Crippen molar-refractivity contribution in [3.8, 4) is 0 Å². The molecular formula is C29H34N4O2S2. The third kappa shape index (κ3) is 5.00. The second kappa shape index (κ2) is 10.7. The number of aromatic nitrogens is 1. The van der Waals surface area contributed by atoms with Crippen molar-refractivity contribution >= 4 is 47.9 Å². The first-order valence-corrected chi connectivity index (χ1v) is 15.7. The molecule has 0 spiro atoms. The highest BCUT2D eigenvalue weighted by molar-refractivity contribution is 7.89. The Hall–Kier alpha value is -2.52. The van der Waals surface area contributed by atoms with E-state index in [0.29, 0.717) is 11.4 Å². The Kier molecular flexibility index (Phi) is 7.16. The first-order valence-electron chi connectivity index (χ1n) is 13.4. The van der Waals surface area contributed by atoms with Gasteiger partial charge < -0.3 is 4.90 Å². The molecule has 37 heavy (non-hydrogen) atoms. The number of fused-ring (bicyclic) bond motifs is 2. The normalized spacial score (nSPS) is 20.4. The summed E-state index contributed by atoms with van der Waals surface area (Å²) in [6.07, 6.45) is 8.17. The lowest BCUT2D eigenvalue weighted by molar-refractivity contribution is 0.218. The van der Waals surface area contributed by atoms with Crippen LogP contribution in [0.15, 0.2) is 71.2 Å². The minimum atomic E-state index is -3.63. The summed E-state index contributed by atoms with van der Waals surface area (Å²) >= 11 is 1.80. The monoisotopic (exact) mass is 534 g/mol. The lowest BCUT2D eigenvalue weighted by Gasteiger charge is -2.38. The smallest absolute Gasteiger partial charge is 0.245 e. The highest BCUT2D eigenvalue weighted by Crippen LogP contribution is 2.32. The van der Waals surface area contributed by atoms with E-state index in [4.69, 9.17) is 0 Å². The maximum absolute atomic E-state index is 14.0. The summed E-state index contributed by atoms with van der Waals surface area (Å²) < 4.78 is 31.1. The van der Waals surface area contributed by atoms with Gasteiger partial charge in [0, 0.05) is 77.7 Å². The van der Waals surface area contributed by atoms with Crippen LogP contribution in [-0.4, -0.2) is 67.9 Å². The molecule has 0 aliphatic carbocycles. The van der Waals surface area contributed by atoms with E-state index < -0.39 is 10.0 Å². The highest BCUT2D eigenvalue weighted by atomic mass is 32.2. The zero-order chi connectivity index (χ0) is 25.2. The standard InChI is InChI=1S/C29H34N4O2S2/c34-37(35,29-22-30-21-23-7-3-4-9-25(23)29)33-14-5-1-2-8-24(33)12-15-31-16-18-32(19-17-31)27-10-6-11-28-26(27)13-20-36-28/h3-4,6-7,9-11,13,20-22,24H,1-2,5,8,12,14-19H2/t24-/m1/s1. The van der Waals surface area contributed by atoms with Crippen LogP contribution in [0.3, 0.4) is 0 Å². The maximum atomic E-state index is 14.0. The van der Waals surface area contributed by atoms with E-state index >= 15 is 0 Å². The quantitative estimate of drug-likeness (QED) is 0.323. The van der Waals surface area contributed by atoms with Crippen molar-refractivity contribution in [2.75, 3.05) is 44.2 Å². The average molecular weight is 535 g/mol. The third-order valence-electron chi connectivity index (χ3n) is 8.01. The third-order valence-corrected chi connectivity index (χ3v) is 10.9. The first kappa shape index (κ1) is 24.8. The number of piperazine rings is 1.